The molecule has 0 aliphatic carbocycles. The van der Waals surface area contributed by atoms with Crippen molar-refractivity contribution < 1.29 is 34.0 Å². The predicted octanol–water partition coefficient (Wildman–Crippen LogP) is 3.71. The molecule has 11 heteroatoms. The molecule has 1 aliphatic rings. The number of ether oxygens (including phenoxy) is 3. The largest absolute Gasteiger partial charge is 0.507 e. The van der Waals surface area contributed by atoms with Crippen molar-refractivity contribution in [2.45, 2.75) is 6.04 Å². The van der Waals surface area contributed by atoms with Gasteiger partial charge in [-0.15, -0.1) is 0 Å². The van der Waals surface area contributed by atoms with Crippen LogP contribution in [-0.4, -0.2) is 80.2 Å². The Morgan fingerprint density at radius 1 is 1.06 bits per heavy atom. The van der Waals surface area contributed by atoms with Gasteiger partial charge in [-0.05, 0) is 37.9 Å². The first-order valence-corrected chi connectivity index (χ1v) is 11.2. The van der Waals surface area contributed by atoms with Gasteiger partial charge < -0.3 is 34.2 Å². The van der Waals surface area contributed by atoms with Crippen molar-refractivity contribution in [3.05, 3.63) is 51.0 Å². The number of carbonyl (C=O) groups is 2. The van der Waals surface area contributed by atoms with Crippen LogP contribution in [0.1, 0.15) is 17.2 Å². The van der Waals surface area contributed by atoms with Crippen LogP contribution < -0.4 is 14.2 Å². The van der Waals surface area contributed by atoms with Gasteiger partial charge in [-0.25, -0.2) is 0 Å². The number of nitrogens with zero attached hydrogens (tertiary/aromatic N) is 2. The monoisotopic (exact) mass is 524 g/mol. The van der Waals surface area contributed by atoms with Crippen LogP contribution in [0.2, 0.25) is 10.0 Å². The van der Waals surface area contributed by atoms with Crippen molar-refractivity contribution in [2.24, 2.45) is 0 Å². The molecule has 0 bridgehead atoms. The molecule has 1 fully saturated rings. The number of amides is 1. The van der Waals surface area contributed by atoms with Gasteiger partial charge in [0.2, 0.25) is 0 Å². The molecule has 188 valence electrons. The molecule has 1 amide bonds. The quantitative estimate of drug-likeness (QED) is 0.305. The second-order valence-corrected chi connectivity index (χ2v) is 8.80. The molecule has 0 aromatic heterocycles. The Hall–Kier alpha value is -3.14. The molecule has 0 spiro atoms. The molecule has 2 N–H and O–H groups in total. The summed E-state index contributed by atoms with van der Waals surface area (Å²) in [6.07, 6.45) is 0. The van der Waals surface area contributed by atoms with Crippen LogP contribution in [0.3, 0.4) is 0 Å². The number of carbonyl (C=O) groups excluding carboxylic acids is 2. The third kappa shape index (κ3) is 4.84. The summed E-state index contributed by atoms with van der Waals surface area (Å²) in [6.45, 7) is 0.641. The fraction of sp³-hybridized carbons (Fsp3) is 0.333. The lowest BCUT2D eigenvalue weighted by Gasteiger charge is -2.27. The number of halogens is 2. The lowest BCUT2D eigenvalue weighted by Crippen LogP contribution is -2.35. The zero-order chi connectivity index (χ0) is 26.0. The van der Waals surface area contributed by atoms with Crippen LogP contribution >= 0.6 is 23.2 Å². The highest BCUT2D eigenvalue weighted by Gasteiger charge is 2.46. The number of benzene rings is 2. The zero-order valence-electron chi connectivity index (χ0n) is 19.9. The number of hydrogen-bond acceptors (Lipinski definition) is 8. The number of phenols is 1. The van der Waals surface area contributed by atoms with Crippen molar-refractivity contribution in [3.63, 3.8) is 0 Å². The SMILES string of the molecule is COc1ccc(C2/C(=C(\O)c3cc(Cl)c(OC)c(Cl)c3OC)C(=O)C(=O)N2CCN(C)C)cc1O. The standard InChI is InChI=1S/C24H26Cl2N2O7/c1-27(2)8-9-28-19(12-6-7-16(33-3)15(29)10-12)17(21(31)24(28)32)20(30)13-11-14(25)23(35-5)18(26)22(13)34-4/h6-7,10-11,19,29-30H,8-9H2,1-5H3/b20-17+. The minimum absolute atomic E-state index is 0.00970. The van der Waals surface area contributed by atoms with Gasteiger partial charge >= 0.3 is 0 Å². The molecule has 0 radical (unpaired) electrons. The number of phenolic OH excluding ortho intramolecular Hbond substituents is 1. The van der Waals surface area contributed by atoms with E-state index in [1.165, 1.54) is 44.4 Å². The summed E-state index contributed by atoms with van der Waals surface area (Å²) >= 11 is 12.7. The van der Waals surface area contributed by atoms with Gasteiger partial charge in [-0.3, -0.25) is 9.59 Å². The smallest absolute Gasteiger partial charge is 0.295 e. The topological polar surface area (TPSA) is 109 Å². The van der Waals surface area contributed by atoms with Crippen molar-refractivity contribution in [1.29, 1.82) is 0 Å². The van der Waals surface area contributed by atoms with Crippen LogP contribution in [-0.2, 0) is 9.59 Å². The van der Waals surface area contributed by atoms with Crippen LogP contribution in [0.5, 0.6) is 23.0 Å². The van der Waals surface area contributed by atoms with Gasteiger partial charge in [0.05, 0.1) is 43.5 Å². The van der Waals surface area contributed by atoms with Crippen LogP contribution in [0.15, 0.2) is 29.8 Å². The fourth-order valence-electron chi connectivity index (χ4n) is 3.93. The van der Waals surface area contributed by atoms with E-state index >= 15 is 0 Å². The van der Waals surface area contributed by atoms with E-state index in [0.29, 0.717) is 12.1 Å². The van der Waals surface area contributed by atoms with Crippen LogP contribution in [0, 0.1) is 0 Å². The molecule has 35 heavy (non-hydrogen) atoms. The van der Waals surface area contributed by atoms with E-state index in [2.05, 4.69) is 0 Å². The maximum Gasteiger partial charge on any atom is 0.295 e. The molecule has 1 saturated heterocycles. The minimum Gasteiger partial charge on any atom is -0.507 e. The van der Waals surface area contributed by atoms with Crippen LogP contribution in [0.25, 0.3) is 5.76 Å². The number of likely N-dealkylation sites (tertiary alicyclic amines) is 1. The van der Waals surface area contributed by atoms with Gasteiger partial charge in [-0.2, -0.15) is 0 Å². The Labute approximate surface area is 213 Å². The molecule has 2 aromatic rings. The van der Waals surface area contributed by atoms with Crippen molar-refractivity contribution in [1.82, 2.24) is 9.80 Å². The molecular weight excluding hydrogens is 499 g/mol. The van der Waals surface area contributed by atoms with E-state index in [-0.39, 0.29) is 50.7 Å². The Kier molecular flexibility index (Phi) is 8.04. The molecule has 0 saturated carbocycles. The minimum atomic E-state index is -1.00. The molecular formula is C24H26Cl2N2O7. The summed E-state index contributed by atoms with van der Waals surface area (Å²) in [5.41, 5.74) is 0.207. The van der Waals surface area contributed by atoms with Gasteiger partial charge in [-0.1, -0.05) is 29.3 Å². The summed E-state index contributed by atoms with van der Waals surface area (Å²) in [5.74, 6) is -2.04. The Balaban J connectivity index is 2.29. The summed E-state index contributed by atoms with van der Waals surface area (Å²) in [6, 6.07) is 4.85. The first-order chi connectivity index (χ1) is 16.6. The number of ketones is 1. The molecule has 1 heterocycles. The third-order valence-electron chi connectivity index (χ3n) is 5.64. The molecule has 9 nitrogen and oxygen atoms in total. The summed E-state index contributed by atoms with van der Waals surface area (Å²) in [5, 5.41) is 21.8. The molecule has 1 aliphatic heterocycles. The van der Waals surface area contributed by atoms with Gasteiger partial charge in [0.25, 0.3) is 11.7 Å². The first-order valence-electron chi connectivity index (χ1n) is 10.5. The molecule has 1 unspecified atom stereocenters. The summed E-state index contributed by atoms with van der Waals surface area (Å²) in [7, 11) is 7.77. The van der Waals surface area contributed by atoms with E-state index in [1.807, 2.05) is 19.0 Å². The van der Waals surface area contributed by atoms with Crippen LogP contribution in [0.4, 0.5) is 0 Å². The number of aliphatic hydroxyl groups excluding tert-OH is 1. The van der Waals surface area contributed by atoms with Crippen molar-refractivity contribution >= 4 is 40.7 Å². The molecule has 2 aromatic carbocycles. The van der Waals surface area contributed by atoms with Crippen molar-refractivity contribution in [2.75, 3.05) is 48.5 Å². The highest BCUT2D eigenvalue weighted by Crippen LogP contribution is 2.47. The average Bonchev–Trinajstić information content (AvgIpc) is 3.07. The predicted molar refractivity (Wildman–Crippen MR) is 132 cm³/mol. The lowest BCUT2D eigenvalue weighted by molar-refractivity contribution is -0.140. The zero-order valence-corrected chi connectivity index (χ0v) is 21.4. The maximum absolute atomic E-state index is 13.2. The molecule has 3 rings (SSSR count). The van der Waals surface area contributed by atoms with Crippen molar-refractivity contribution in [3.8, 4) is 23.0 Å². The van der Waals surface area contributed by atoms with E-state index in [1.54, 1.807) is 6.07 Å². The number of likely N-dealkylation sites (N-methyl/N-ethyl adjacent to an activating group) is 1. The first kappa shape index (κ1) is 26.5. The van der Waals surface area contributed by atoms with E-state index in [0.717, 1.165) is 0 Å². The normalized spacial score (nSPS) is 17.3. The summed E-state index contributed by atoms with van der Waals surface area (Å²) < 4.78 is 15.7. The van der Waals surface area contributed by atoms with Gasteiger partial charge in [0.15, 0.2) is 23.0 Å². The lowest BCUT2D eigenvalue weighted by atomic mass is 9.94. The highest BCUT2D eigenvalue weighted by molar-refractivity contribution is 6.47. The van der Waals surface area contributed by atoms with E-state index in [4.69, 9.17) is 37.4 Å². The Morgan fingerprint density at radius 2 is 1.71 bits per heavy atom. The maximum atomic E-state index is 13.2. The second kappa shape index (κ2) is 10.6. The average molecular weight is 525 g/mol. The molecule has 1 atom stereocenters. The van der Waals surface area contributed by atoms with E-state index < -0.39 is 23.5 Å². The number of aromatic hydroxyl groups is 1. The number of hydrogen-bond donors (Lipinski definition) is 2. The number of methoxy groups -OCH3 is 3. The fourth-order valence-corrected chi connectivity index (χ4v) is 4.62. The second-order valence-electron chi connectivity index (χ2n) is 8.01. The highest BCUT2D eigenvalue weighted by atomic mass is 35.5. The Bertz CT molecular complexity index is 1200. The van der Waals surface area contributed by atoms with E-state index in [9.17, 15) is 19.8 Å². The number of rotatable bonds is 8. The number of aliphatic hydroxyl groups is 1. The van der Waals surface area contributed by atoms with Gasteiger partial charge in [0, 0.05) is 13.1 Å². The third-order valence-corrected chi connectivity index (χ3v) is 6.27. The Morgan fingerprint density at radius 3 is 2.26 bits per heavy atom. The number of Topliss-reactive ketones (excluding diaryl/α,β-unsaturated/α-hetero) is 1. The summed E-state index contributed by atoms with van der Waals surface area (Å²) in [4.78, 5) is 29.5. The van der Waals surface area contributed by atoms with Gasteiger partial charge in [0.1, 0.15) is 10.8 Å².